The smallest absolute Gasteiger partial charge is 0.335 e. The molecule has 0 bridgehead atoms. The second-order valence-electron chi connectivity index (χ2n) is 7.11. The highest BCUT2D eigenvalue weighted by atomic mass is 16.4. The Balaban J connectivity index is 1.61. The third-order valence-corrected chi connectivity index (χ3v) is 5.22. The lowest BCUT2D eigenvalue weighted by molar-refractivity contribution is -0.162. The lowest BCUT2D eigenvalue weighted by Crippen LogP contribution is -2.51. The predicted octanol–water partition coefficient (Wildman–Crippen LogP) is 1.80. The quantitative estimate of drug-likeness (QED) is 0.872. The van der Waals surface area contributed by atoms with Crippen molar-refractivity contribution >= 4 is 11.9 Å². The molecule has 0 spiro atoms. The Morgan fingerprint density at radius 3 is 2.35 bits per heavy atom. The monoisotopic (exact) mass is 355 g/mol. The van der Waals surface area contributed by atoms with Gasteiger partial charge in [-0.2, -0.15) is 5.10 Å². The van der Waals surface area contributed by atoms with Gasteiger partial charge in [0.25, 0.3) is 5.91 Å². The first kappa shape index (κ1) is 16.8. The van der Waals surface area contributed by atoms with E-state index in [0.29, 0.717) is 11.6 Å². The molecular formula is C19H21N3O4. The number of rotatable bonds is 4. The SMILES string of the molecule is O=C(c1cc(C2CC2)nn1-c1ccccc1)N1CCC(O)(C(=O)O)CC1. The summed E-state index contributed by atoms with van der Waals surface area (Å²) < 4.78 is 1.67. The fourth-order valence-corrected chi connectivity index (χ4v) is 3.35. The van der Waals surface area contributed by atoms with Gasteiger partial charge < -0.3 is 15.1 Å². The Hall–Kier alpha value is -2.67. The average molecular weight is 355 g/mol. The molecule has 2 aliphatic rings. The minimum atomic E-state index is -1.74. The van der Waals surface area contributed by atoms with Gasteiger partial charge >= 0.3 is 5.97 Å². The number of aliphatic hydroxyl groups is 1. The summed E-state index contributed by atoms with van der Waals surface area (Å²) in [4.78, 5) is 25.8. The molecule has 2 fully saturated rings. The van der Waals surface area contributed by atoms with E-state index in [0.717, 1.165) is 24.2 Å². The molecule has 136 valence electrons. The molecule has 7 nitrogen and oxygen atoms in total. The minimum absolute atomic E-state index is 0.0308. The van der Waals surface area contributed by atoms with E-state index in [9.17, 15) is 14.7 Å². The van der Waals surface area contributed by atoms with Gasteiger partial charge in [-0.3, -0.25) is 4.79 Å². The number of amides is 1. The van der Waals surface area contributed by atoms with Gasteiger partial charge in [0.15, 0.2) is 5.60 Å². The number of hydrogen-bond acceptors (Lipinski definition) is 4. The zero-order chi connectivity index (χ0) is 18.3. The fourth-order valence-electron chi connectivity index (χ4n) is 3.35. The van der Waals surface area contributed by atoms with Crippen LogP contribution >= 0.6 is 0 Å². The molecule has 1 aliphatic heterocycles. The number of benzene rings is 1. The third-order valence-electron chi connectivity index (χ3n) is 5.22. The summed E-state index contributed by atoms with van der Waals surface area (Å²) in [5.74, 6) is -0.986. The van der Waals surface area contributed by atoms with Crippen LogP contribution in [0.15, 0.2) is 36.4 Å². The molecule has 26 heavy (non-hydrogen) atoms. The number of carbonyl (C=O) groups is 2. The van der Waals surface area contributed by atoms with Crippen LogP contribution in [0, 0.1) is 0 Å². The van der Waals surface area contributed by atoms with Gasteiger partial charge in [-0.05, 0) is 31.0 Å². The van der Waals surface area contributed by atoms with Gasteiger partial charge in [0, 0.05) is 31.8 Å². The van der Waals surface area contributed by atoms with E-state index in [1.54, 1.807) is 9.58 Å². The number of para-hydroxylation sites is 1. The van der Waals surface area contributed by atoms with Crippen LogP contribution in [0.4, 0.5) is 0 Å². The summed E-state index contributed by atoms with van der Waals surface area (Å²) in [7, 11) is 0. The van der Waals surface area contributed by atoms with E-state index in [1.165, 1.54) is 0 Å². The van der Waals surface area contributed by atoms with Crippen molar-refractivity contribution in [2.75, 3.05) is 13.1 Å². The maximum atomic E-state index is 13.1. The molecule has 7 heteroatoms. The van der Waals surface area contributed by atoms with Crippen LogP contribution in [-0.2, 0) is 4.79 Å². The summed E-state index contributed by atoms with van der Waals surface area (Å²) in [6.45, 7) is 0.417. The second kappa shape index (κ2) is 6.25. The summed E-state index contributed by atoms with van der Waals surface area (Å²) in [5, 5.41) is 23.9. The van der Waals surface area contributed by atoms with Crippen molar-refractivity contribution in [3.8, 4) is 5.69 Å². The van der Waals surface area contributed by atoms with E-state index in [-0.39, 0.29) is 31.8 Å². The predicted molar refractivity (Wildman–Crippen MR) is 93.3 cm³/mol. The van der Waals surface area contributed by atoms with E-state index >= 15 is 0 Å². The van der Waals surface area contributed by atoms with E-state index in [2.05, 4.69) is 5.10 Å². The van der Waals surface area contributed by atoms with Crippen molar-refractivity contribution in [2.24, 2.45) is 0 Å². The fraction of sp³-hybridized carbons (Fsp3) is 0.421. The van der Waals surface area contributed by atoms with Crippen LogP contribution < -0.4 is 0 Å². The summed E-state index contributed by atoms with van der Waals surface area (Å²) in [5.41, 5.74) is 0.493. The Morgan fingerprint density at radius 2 is 1.77 bits per heavy atom. The van der Waals surface area contributed by atoms with Crippen molar-refractivity contribution in [1.82, 2.24) is 14.7 Å². The standard InChI is InChI=1S/C19H21N3O4/c23-17(21-10-8-19(26,9-11-21)18(24)25)16-12-15(13-6-7-13)20-22(16)14-4-2-1-3-5-14/h1-5,12-13,26H,6-11H2,(H,24,25). The number of carboxylic acid groups (broad SMARTS) is 1. The van der Waals surface area contributed by atoms with Crippen LogP contribution in [0.25, 0.3) is 5.69 Å². The Kier molecular flexibility index (Phi) is 4.03. The molecule has 2 heterocycles. The van der Waals surface area contributed by atoms with E-state index in [1.807, 2.05) is 36.4 Å². The topological polar surface area (TPSA) is 95.7 Å². The van der Waals surface area contributed by atoms with Crippen LogP contribution in [0.3, 0.4) is 0 Å². The average Bonchev–Trinajstić information content (AvgIpc) is 3.41. The molecule has 1 saturated carbocycles. The molecule has 2 aromatic rings. The highest BCUT2D eigenvalue weighted by molar-refractivity contribution is 5.93. The largest absolute Gasteiger partial charge is 0.479 e. The maximum Gasteiger partial charge on any atom is 0.335 e. The highest BCUT2D eigenvalue weighted by Crippen LogP contribution is 2.40. The van der Waals surface area contributed by atoms with Crippen LogP contribution in [-0.4, -0.2) is 55.5 Å². The number of piperidine rings is 1. The molecule has 0 atom stereocenters. The van der Waals surface area contributed by atoms with Crippen LogP contribution in [0.2, 0.25) is 0 Å². The van der Waals surface area contributed by atoms with Crippen LogP contribution in [0.5, 0.6) is 0 Å². The molecule has 0 radical (unpaired) electrons. The number of nitrogens with zero attached hydrogens (tertiary/aromatic N) is 3. The molecule has 1 saturated heterocycles. The molecular weight excluding hydrogens is 334 g/mol. The highest BCUT2D eigenvalue weighted by Gasteiger charge is 2.41. The van der Waals surface area contributed by atoms with Crippen molar-refractivity contribution in [3.05, 3.63) is 47.8 Å². The van der Waals surface area contributed by atoms with Crippen molar-refractivity contribution in [2.45, 2.75) is 37.2 Å². The first-order valence-electron chi connectivity index (χ1n) is 8.88. The number of aromatic nitrogens is 2. The number of likely N-dealkylation sites (tertiary alicyclic amines) is 1. The van der Waals surface area contributed by atoms with Gasteiger partial charge in [0.2, 0.25) is 0 Å². The third kappa shape index (κ3) is 2.99. The summed E-state index contributed by atoms with van der Waals surface area (Å²) in [6.07, 6.45) is 2.25. The molecule has 1 aliphatic carbocycles. The molecule has 4 rings (SSSR count). The first-order valence-corrected chi connectivity index (χ1v) is 8.88. The molecule has 1 amide bonds. The van der Waals surface area contributed by atoms with Gasteiger partial charge in [0.05, 0.1) is 11.4 Å². The van der Waals surface area contributed by atoms with Gasteiger partial charge in [-0.1, -0.05) is 18.2 Å². The number of aliphatic carboxylic acids is 1. The Bertz CT molecular complexity index is 834. The van der Waals surface area contributed by atoms with E-state index < -0.39 is 11.6 Å². The van der Waals surface area contributed by atoms with Gasteiger partial charge in [-0.15, -0.1) is 0 Å². The summed E-state index contributed by atoms with van der Waals surface area (Å²) in [6, 6.07) is 11.4. The van der Waals surface area contributed by atoms with Gasteiger partial charge in [-0.25, -0.2) is 9.48 Å². The van der Waals surface area contributed by atoms with Crippen molar-refractivity contribution in [1.29, 1.82) is 0 Å². The number of hydrogen-bond donors (Lipinski definition) is 2. The Morgan fingerprint density at radius 1 is 1.12 bits per heavy atom. The maximum absolute atomic E-state index is 13.1. The minimum Gasteiger partial charge on any atom is -0.479 e. The lowest BCUT2D eigenvalue weighted by Gasteiger charge is -2.35. The molecule has 0 unspecified atom stereocenters. The lowest BCUT2D eigenvalue weighted by atomic mass is 9.91. The molecule has 1 aromatic heterocycles. The zero-order valence-corrected chi connectivity index (χ0v) is 14.3. The zero-order valence-electron chi connectivity index (χ0n) is 14.3. The van der Waals surface area contributed by atoms with E-state index in [4.69, 9.17) is 5.11 Å². The summed E-state index contributed by atoms with van der Waals surface area (Å²) >= 11 is 0. The van der Waals surface area contributed by atoms with Gasteiger partial charge in [0.1, 0.15) is 5.69 Å². The number of carboxylic acids is 1. The first-order chi connectivity index (χ1) is 12.5. The van der Waals surface area contributed by atoms with Crippen molar-refractivity contribution < 1.29 is 19.8 Å². The Labute approximate surface area is 150 Å². The van der Waals surface area contributed by atoms with Crippen LogP contribution in [0.1, 0.15) is 47.8 Å². The molecule has 1 aromatic carbocycles. The molecule has 2 N–H and O–H groups in total. The van der Waals surface area contributed by atoms with Crippen molar-refractivity contribution in [3.63, 3.8) is 0 Å². The normalized spacial score (nSPS) is 19.3. The number of carbonyl (C=O) groups excluding carboxylic acids is 1. The second-order valence-corrected chi connectivity index (χ2v) is 7.11.